The van der Waals surface area contributed by atoms with Crippen LogP contribution in [0.2, 0.25) is 0 Å². The van der Waals surface area contributed by atoms with Gasteiger partial charge in [0.05, 0.1) is 12.2 Å². The van der Waals surface area contributed by atoms with E-state index >= 15 is 0 Å². The molecule has 1 fully saturated rings. The van der Waals surface area contributed by atoms with Crippen molar-refractivity contribution < 1.29 is 18.7 Å². The van der Waals surface area contributed by atoms with E-state index in [1.165, 1.54) is 12.1 Å². The summed E-state index contributed by atoms with van der Waals surface area (Å²) in [6.07, 6.45) is 3.30. The molecule has 2 heterocycles. The number of cyclic esters (lactones) is 1. The number of H-pyrrole nitrogens is 1. The fourth-order valence-corrected chi connectivity index (χ4v) is 3.80. The zero-order valence-electron chi connectivity index (χ0n) is 19.1. The number of urea groups is 1. The number of nitrogens with zero attached hydrogens (tertiary/aromatic N) is 3. The lowest BCUT2D eigenvalue weighted by molar-refractivity contribution is 0.181. The molecule has 3 amide bonds. The lowest BCUT2D eigenvalue weighted by Crippen LogP contribution is -2.32. The van der Waals surface area contributed by atoms with E-state index in [1.54, 1.807) is 47.2 Å². The largest absolute Gasteiger partial charge is 0.447 e. The monoisotopic (exact) mass is 465 g/mol. The van der Waals surface area contributed by atoms with Crippen molar-refractivity contribution in [2.45, 2.75) is 25.7 Å². The van der Waals surface area contributed by atoms with Crippen LogP contribution in [0.25, 0.3) is 11.3 Å². The minimum atomic E-state index is -0.373. The molecule has 1 aliphatic heterocycles. The molecule has 34 heavy (non-hydrogen) atoms. The highest BCUT2D eigenvalue weighted by molar-refractivity contribution is 5.93. The summed E-state index contributed by atoms with van der Waals surface area (Å²) in [5.74, 6) is -0.264. The Morgan fingerprint density at radius 2 is 2.00 bits per heavy atom. The van der Waals surface area contributed by atoms with Gasteiger partial charge in [0.2, 0.25) is 0 Å². The van der Waals surface area contributed by atoms with E-state index < -0.39 is 0 Å². The first kappa shape index (κ1) is 23.3. The van der Waals surface area contributed by atoms with Gasteiger partial charge in [-0.15, -0.1) is 0 Å². The highest BCUT2D eigenvalue weighted by Crippen LogP contribution is 2.23. The van der Waals surface area contributed by atoms with Gasteiger partial charge in [-0.25, -0.2) is 14.0 Å². The van der Waals surface area contributed by atoms with E-state index in [1.807, 2.05) is 12.1 Å². The Morgan fingerprint density at radius 1 is 1.18 bits per heavy atom. The van der Waals surface area contributed by atoms with E-state index in [9.17, 15) is 14.0 Å². The van der Waals surface area contributed by atoms with Crippen molar-refractivity contribution >= 4 is 23.5 Å². The van der Waals surface area contributed by atoms with Gasteiger partial charge in [0.1, 0.15) is 12.4 Å². The zero-order chi connectivity index (χ0) is 23.9. The number of amides is 3. The standard InChI is InChI=1S/C25H28FN5O3/c1-30(24(32)27-20-7-5-8-22(16-20)31-14-15-34-25(31)33)13-4-2-3-6-21-17-23(29-28-21)18-9-11-19(26)12-10-18/h5,7-12,16-17H,2-4,6,13-15H2,1H3,(H,27,32)(H,28,29). The number of hydrogen-bond acceptors (Lipinski definition) is 4. The molecule has 0 saturated carbocycles. The lowest BCUT2D eigenvalue weighted by atomic mass is 10.1. The molecule has 178 valence electrons. The Bertz CT molecular complexity index is 1130. The molecule has 0 bridgehead atoms. The van der Waals surface area contributed by atoms with Crippen molar-refractivity contribution in [1.82, 2.24) is 15.1 Å². The summed E-state index contributed by atoms with van der Waals surface area (Å²) < 4.78 is 18.0. The average molecular weight is 466 g/mol. The summed E-state index contributed by atoms with van der Waals surface area (Å²) in [5, 5.41) is 10.2. The third kappa shape index (κ3) is 5.92. The van der Waals surface area contributed by atoms with Crippen molar-refractivity contribution in [2.24, 2.45) is 0 Å². The summed E-state index contributed by atoms with van der Waals surface area (Å²) in [6.45, 7) is 1.50. The molecule has 1 aliphatic rings. The number of carbonyl (C=O) groups excluding carboxylic acids is 2. The van der Waals surface area contributed by atoms with Gasteiger partial charge in [0.15, 0.2) is 0 Å². The van der Waals surface area contributed by atoms with Gasteiger partial charge in [0, 0.05) is 36.2 Å². The molecule has 0 unspecified atom stereocenters. The van der Waals surface area contributed by atoms with Gasteiger partial charge in [-0.05, 0) is 67.8 Å². The third-order valence-electron chi connectivity index (χ3n) is 5.73. The smallest absolute Gasteiger partial charge is 0.414 e. The van der Waals surface area contributed by atoms with E-state index in [-0.39, 0.29) is 17.9 Å². The lowest BCUT2D eigenvalue weighted by Gasteiger charge is -2.19. The number of benzene rings is 2. The molecule has 2 N–H and O–H groups in total. The Balaban J connectivity index is 1.17. The third-order valence-corrected chi connectivity index (χ3v) is 5.73. The van der Waals surface area contributed by atoms with Gasteiger partial charge in [0.25, 0.3) is 0 Å². The molecule has 2 aromatic carbocycles. The van der Waals surface area contributed by atoms with Crippen LogP contribution in [0, 0.1) is 5.82 Å². The number of aromatic nitrogens is 2. The second-order valence-electron chi connectivity index (χ2n) is 8.26. The Hall–Kier alpha value is -3.88. The number of ether oxygens (including phenoxy) is 1. The van der Waals surface area contributed by atoms with Crippen molar-refractivity contribution in [1.29, 1.82) is 0 Å². The first-order valence-electron chi connectivity index (χ1n) is 11.4. The normalized spacial score (nSPS) is 13.1. The number of rotatable bonds is 9. The van der Waals surface area contributed by atoms with Crippen LogP contribution in [0.3, 0.4) is 0 Å². The minimum Gasteiger partial charge on any atom is -0.447 e. The fourth-order valence-electron chi connectivity index (χ4n) is 3.80. The molecule has 1 saturated heterocycles. The second kappa shape index (κ2) is 10.8. The predicted octanol–water partition coefficient (Wildman–Crippen LogP) is 5.05. The van der Waals surface area contributed by atoms with Crippen LogP contribution in [0.4, 0.5) is 25.4 Å². The van der Waals surface area contributed by atoms with Gasteiger partial charge in [-0.1, -0.05) is 12.5 Å². The molecule has 0 radical (unpaired) electrons. The first-order valence-corrected chi connectivity index (χ1v) is 11.4. The number of halogens is 1. The Kier molecular flexibility index (Phi) is 7.41. The number of carbonyl (C=O) groups is 2. The van der Waals surface area contributed by atoms with Crippen LogP contribution < -0.4 is 10.2 Å². The number of unbranched alkanes of at least 4 members (excludes halogenated alkanes) is 2. The molecule has 0 atom stereocenters. The van der Waals surface area contributed by atoms with Gasteiger partial charge >= 0.3 is 12.1 Å². The SMILES string of the molecule is CN(CCCCCc1cc(-c2ccc(F)cc2)n[nH]1)C(=O)Nc1cccc(N2CCOC2=O)c1. The van der Waals surface area contributed by atoms with Crippen molar-refractivity contribution in [3.8, 4) is 11.3 Å². The highest BCUT2D eigenvalue weighted by atomic mass is 19.1. The van der Waals surface area contributed by atoms with Crippen LogP contribution in [0.5, 0.6) is 0 Å². The summed E-state index contributed by atoms with van der Waals surface area (Å²) in [6, 6.07) is 15.2. The van der Waals surface area contributed by atoms with Gasteiger partial charge < -0.3 is 15.0 Å². The van der Waals surface area contributed by atoms with Crippen LogP contribution in [-0.2, 0) is 11.2 Å². The molecule has 1 aromatic heterocycles. The van der Waals surface area contributed by atoms with E-state index in [0.29, 0.717) is 31.1 Å². The average Bonchev–Trinajstić information content (AvgIpc) is 3.48. The molecule has 4 rings (SSSR count). The predicted molar refractivity (Wildman–Crippen MR) is 128 cm³/mol. The van der Waals surface area contributed by atoms with Gasteiger partial charge in [-0.2, -0.15) is 5.10 Å². The van der Waals surface area contributed by atoms with Gasteiger partial charge in [-0.3, -0.25) is 10.00 Å². The zero-order valence-corrected chi connectivity index (χ0v) is 19.1. The van der Waals surface area contributed by atoms with Crippen molar-refractivity contribution in [3.05, 3.63) is 66.1 Å². The maximum absolute atomic E-state index is 13.1. The quantitative estimate of drug-likeness (QED) is 0.433. The minimum absolute atomic E-state index is 0.196. The van der Waals surface area contributed by atoms with Crippen LogP contribution in [0.1, 0.15) is 25.0 Å². The van der Waals surface area contributed by atoms with Crippen LogP contribution in [0.15, 0.2) is 54.6 Å². The Labute approximate surface area is 197 Å². The molecule has 0 aliphatic carbocycles. The first-order chi connectivity index (χ1) is 16.5. The topological polar surface area (TPSA) is 90.6 Å². The molecule has 3 aromatic rings. The van der Waals surface area contributed by atoms with Crippen molar-refractivity contribution in [3.63, 3.8) is 0 Å². The van der Waals surface area contributed by atoms with Crippen LogP contribution in [-0.4, -0.2) is 54.0 Å². The summed E-state index contributed by atoms with van der Waals surface area (Å²) in [7, 11) is 1.76. The molecule has 0 spiro atoms. The van der Waals surface area contributed by atoms with E-state index in [2.05, 4.69) is 15.5 Å². The Morgan fingerprint density at radius 3 is 2.76 bits per heavy atom. The summed E-state index contributed by atoms with van der Waals surface area (Å²) in [5.41, 5.74) is 4.04. The maximum atomic E-state index is 13.1. The van der Waals surface area contributed by atoms with E-state index in [4.69, 9.17) is 4.74 Å². The van der Waals surface area contributed by atoms with Crippen LogP contribution >= 0.6 is 0 Å². The second-order valence-corrected chi connectivity index (χ2v) is 8.26. The van der Waals surface area contributed by atoms with E-state index in [0.717, 1.165) is 42.6 Å². The molecule has 8 nitrogen and oxygen atoms in total. The number of anilines is 2. The number of hydrogen-bond donors (Lipinski definition) is 2. The highest BCUT2D eigenvalue weighted by Gasteiger charge is 2.23. The van der Waals surface area contributed by atoms with Crippen molar-refractivity contribution in [2.75, 3.05) is 37.0 Å². The maximum Gasteiger partial charge on any atom is 0.414 e. The number of nitrogens with one attached hydrogen (secondary N) is 2. The summed E-state index contributed by atoms with van der Waals surface area (Å²) in [4.78, 5) is 27.5. The molecular weight excluding hydrogens is 437 g/mol. The molecule has 9 heteroatoms. The fraction of sp³-hybridized carbons (Fsp3) is 0.320. The molecular formula is C25H28FN5O3. The summed E-state index contributed by atoms with van der Waals surface area (Å²) >= 11 is 0. The number of aromatic amines is 1. The number of aryl methyl sites for hydroxylation is 1.